The Morgan fingerprint density at radius 2 is 0.600 bits per heavy atom. The van der Waals surface area contributed by atoms with E-state index in [0.717, 1.165) is 64.2 Å². The molecule has 0 amide bonds. The summed E-state index contributed by atoms with van der Waals surface area (Å²) in [5.41, 5.74) is 0. The number of hydrogen-bond acceptors (Lipinski definition) is 6. The number of esters is 3. The first-order valence-corrected chi connectivity index (χ1v) is 19.5. The van der Waals surface area contributed by atoms with Crippen LogP contribution < -0.4 is 0 Å². The van der Waals surface area contributed by atoms with Crippen molar-refractivity contribution in [1.82, 2.24) is 0 Å². The standard InChI is InChI=1S/C39H74O6/c1-4-7-10-13-15-17-19-21-23-26-29-32-38(41)44-35-36(34-43-37(40)31-28-25-12-9-6-3)45-39(42)33-30-27-24-22-20-18-16-14-11-8-5-2/h36H,4-35H2,1-3H3. The third kappa shape index (κ3) is 33.6. The largest absolute Gasteiger partial charge is 0.462 e. The Morgan fingerprint density at radius 3 is 0.889 bits per heavy atom. The second-order valence-corrected chi connectivity index (χ2v) is 13.2. The van der Waals surface area contributed by atoms with Crippen molar-refractivity contribution < 1.29 is 28.6 Å². The van der Waals surface area contributed by atoms with Crippen LogP contribution >= 0.6 is 0 Å². The zero-order valence-electron chi connectivity index (χ0n) is 30.2. The van der Waals surface area contributed by atoms with E-state index in [1.54, 1.807) is 0 Å². The van der Waals surface area contributed by atoms with E-state index in [1.165, 1.54) is 109 Å². The van der Waals surface area contributed by atoms with E-state index in [2.05, 4.69) is 20.8 Å². The summed E-state index contributed by atoms with van der Waals surface area (Å²) in [7, 11) is 0. The predicted molar refractivity (Wildman–Crippen MR) is 187 cm³/mol. The Hall–Kier alpha value is -1.59. The molecule has 0 N–H and O–H groups in total. The Kier molecular flexibility index (Phi) is 34.0. The van der Waals surface area contributed by atoms with Gasteiger partial charge in [-0.1, -0.05) is 175 Å². The van der Waals surface area contributed by atoms with Gasteiger partial charge in [0.1, 0.15) is 13.2 Å². The van der Waals surface area contributed by atoms with Crippen LogP contribution in [0.2, 0.25) is 0 Å². The lowest BCUT2D eigenvalue weighted by Crippen LogP contribution is -2.30. The topological polar surface area (TPSA) is 78.9 Å². The summed E-state index contributed by atoms with van der Waals surface area (Å²) in [6.07, 6.45) is 32.5. The Labute approximate surface area is 278 Å². The Bertz CT molecular complexity index is 664. The molecule has 6 nitrogen and oxygen atoms in total. The molecule has 1 unspecified atom stereocenters. The molecule has 0 aliphatic heterocycles. The molecular formula is C39H74O6. The van der Waals surface area contributed by atoms with Gasteiger partial charge in [-0.25, -0.2) is 0 Å². The molecule has 0 radical (unpaired) electrons. The molecule has 6 heteroatoms. The van der Waals surface area contributed by atoms with E-state index in [0.29, 0.717) is 19.3 Å². The highest BCUT2D eigenvalue weighted by Crippen LogP contribution is 2.14. The van der Waals surface area contributed by atoms with Crippen molar-refractivity contribution in [2.75, 3.05) is 13.2 Å². The van der Waals surface area contributed by atoms with Crippen molar-refractivity contribution in [2.45, 2.75) is 219 Å². The highest BCUT2D eigenvalue weighted by molar-refractivity contribution is 5.71. The summed E-state index contributed by atoms with van der Waals surface area (Å²) < 4.78 is 16.5. The molecule has 0 saturated carbocycles. The number of carbonyl (C=O) groups is 3. The molecule has 266 valence electrons. The first kappa shape index (κ1) is 43.4. The fourth-order valence-electron chi connectivity index (χ4n) is 5.62. The van der Waals surface area contributed by atoms with Gasteiger partial charge < -0.3 is 14.2 Å². The van der Waals surface area contributed by atoms with Crippen LogP contribution in [0.4, 0.5) is 0 Å². The van der Waals surface area contributed by atoms with Crippen molar-refractivity contribution in [3.63, 3.8) is 0 Å². The molecule has 0 fully saturated rings. The first-order chi connectivity index (χ1) is 22.0. The van der Waals surface area contributed by atoms with Crippen LogP contribution in [-0.2, 0) is 28.6 Å². The van der Waals surface area contributed by atoms with Crippen LogP contribution in [-0.4, -0.2) is 37.2 Å². The van der Waals surface area contributed by atoms with Gasteiger partial charge >= 0.3 is 17.9 Å². The van der Waals surface area contributed by atoms with Crippen LogP contribution in [0.15, 0.2) is 0 Å². The van der Waals surface area contributed by atoms with Crippen LogP contribution in [0.1, 0.15) is 213 Å². The number of unbranched alkanes of at least 4 members (excludes halogenated alkanes) is 24. The summed E-state index contributed by atoms with van der Waals surface area (Å²) in [5, 5.41) is 0. The molecule has 0 aromatic heterocycles. The van der Waals surface area contributed by atoms with Crippen LogP contribution in [0, 0.1) is 0 Å². The fraction of sp³-hybridized carbons (Fsp3) is 0.923. The van der Waals surface area contributed by atoms with E-state index in [4.69, 9.17) is 14.2 Å². The molecule has 1 atom stereocenters. The molecule has 0 rings (SSSR count). The highest BCUT2D eigenvalue weighted by atomic mass is 16.6. The van der Waals surface area contributed by atoms with Crippen molar-refractivity contribution >= 4 is 17.9 Å². The zero-order valence-corrected chi connectivity index (χ0v) is 30.2. The molecule has 0 aromatic rings. The maximum Gasteiger partial charge on any atom is 0.306 e. The van der Waals surface area contributed by atoms with Gasteiger partial charge in [0.15, 0.2) is 6.10 Å². The minimum Gasteiger partial charge on any atom is -0.462 e. The van der Waals surface area contributed by atoms with E-state index in [-0.39, 0.29) is 31.1 Å². The number of hydrogen-bond donors (Lipinski definition) is 0. The quantitative estimate of drug-likeness (QED) is 0.0390. The molecule has 0 aliphatic carbocycles. The molecule has 0 aliphatic rings. The normalized spacial score (nSPS) is 11.8. The molecular weight excluding hydrogens is 564 g/mol. The fourth-order valence-corrected chi connectivity index (χ4v) is 5.62. The second-order valence-electron chi connectivity index (χ2n) is 13.2. The lowest BCUT2D eigenvalue weighted by molar-refractivity contribution is -0.167. The molecule has 0 bridgehead atoms. The minimum absolute atomic E-state index is 0.0648. The monoisotopic (exact) mass is 639 g/mol. The highest BCUT2D eigenvalue weighted by Gasteiger charge is 2.19. The van der Waals surface area contributed by atoms with E-state index in [9.17, 15) is 14.4 Å². The summed E-state index contributed by atoms with van der Waals surface area (Å²) >= 11 is 0. The minimum atomic E-state index is -0.754. The third-order valence-electron chi connectivity index (χ3n) is 8.61. The maximum absolute atomic E-state index is 12.6. The average Bonchev–Trinajstić information content (AvgIpc) is 3.03. The summed E-state index contributed by atoms with van der Waals surface area (Å²) in [5.74, 6) is -0.877. The third-order valence-corrected chi connectivity index (χ3v) is 8.61. The van der Waals surface area contributed by atoms with Gasteiger partial charge in [0.05, 0.1) is 0 Å². The predicted octanol–water partition coefficient (Wildman–Crippen LogP) is 11.7. The van der Waals surface area contributed by atoms with Crippen LogP contribution in [0.25, 0.3) is 0 Å². The number of ether oxygens (including phenoxy) is 3. The van der Waals surface area contributed by atoms with Crippen molar-refractivity contribution in [3.05, 3.63) is 0 Å². The molecule has 45 heavy (non-hydrogen) atoms. The molecule has 0 aromatic carbocycles. The first-order valence-electron chi connectivity index (χ1n) is 19.5. The SMILES string of the molecule is CCCCCCCCCCCCCC(=O)OCC(COC(=O)CCCCCCC)OC(=O)CCCCCCCCCCCCC. The Morgan fingerprint density at radius 1 is 0.356 bits per heavy atom. The van der Waals surface area contributed by atoms with Gasteiger partial charge in [0.25, 0.3) is 0 Å². The smallest absolute Gasteiger partial charge is 0.306 e. The number of carbonyl (C=O) groups excluding carboxylic acids is 3. The van der Waals surface area contributed by atoms with Crippen molar-refractivity contribution in [2.24, 2.45) is 0 Å². The summed E-state index contributed by atoms with van der Waals surface area (Å²) in [6, 6.07) is 0. The van der Waals surface area contributed by atoms with Gasteiger partial charge in [-0.15, -0.1) is 0 Å². The molecule has 0 saturated heterocycles. The molecule has 0 spiro atoms. The van der Waals surface area contributed by atoms with E-state index in [1.807, 2.05) is 0 Å². The van der Waals surface area contributed by atoms with Crippen molar-refractivity contribution in [1.29, 1.82) is 0 Å². The summed E-state index contributed by atoms with van der Waals surface area (Å²) in [6.45, 7) is 6.53. The summed E-state index contributed by atoms with van der Waals surface area (Å²) in [4.78, 5) is 37.2. The van der Waals surface area contributed by atoms with Crippen LogP contribution in [0.5, 0.6) is 0 Å². The van der Waals surface area contributed by atoms with Gasteiger partial charge in [-0.3, -0.25) is 14.4 Å². The van der Waals surface area contributed by atoms with Crippen molar-refractivity contribution in [3.8, 4) is 0 Å². The Balaban J connectivity index is 4.26. The van der Waals surface area contributed by atoms with Gasteiger partial charge in [-0.05, 0) is 19.3 Å². The van der Waals surface area contributed by atoms with Gasteiger partial charge in [-0.2, -0.15) is 0 Å². The van der Waals surface area contributed by atoms with Gasteiger partial charge in [0, 0.05) is 19.3 Å². The lowest BCUT2D eigenvalue weighted by atomic mass is 10.1. The zero-order chi connectivity index (χ0) is 33.1. The van der Waals surface area contributed by atoms with E-state index >= 15 is 0 Å². The van der Waals surface area contributed by atoms with E-state index < -0.39 is 6.10 Å². The lowest BCUT2D eigenvalue weighted by Gasteiger charge is -2.18. The molecule has 0 heterocycles. The number of rotatable bonds is 35. The maximum atomic E-state index is 12.6. The second kappa shape index (κ2) is 35.3. The average molecular weight is 639 g/mol. The van der Waals surface area contributed by atoms with Crippen LogP contribution in [0.3, 0.4) is 0 Å². The van der Waals surface area contributed by atoms with Gasteiger partial charge in [0.2, 0.25) is 0 Å².